The number of rotatable bonds is 4. The van der Waals surface area contributed by atoms with E-state index in [9.17, 15) is 17.6 Å². The number of carboxylic acid groups (broad SMARTS) is 1. The molecule has 0 bridgehead atoms. The number of hydrogen-bond donors (Lipinski definition) is 2. The van der Waals surface area contributed by atoms with Crippen molar-refractivity contribution in [3.05, 3.63) is 66.1 Å². The summed E-state index contributed by atoms with van der Waals surface area (Å²) < 4.78 is 41.2. The van der Waals surface area contributed by atoms with Crippen molar-refractivity contribution < 1.29 is 22.7 Å². The zero-order valence-electron chi connectivity index (χ0n) is 12.1. The predicted octanol–water partition coefficient (Wildman–Crippen LogP) is 2.87. The molecule has 2 aromatic carbocycles. The van der Waals surface area contributed by atoms with Crippen molar-refractivity contribution in [3.8, 4) is 0 Å². The fourth-order valence-corrected chi connectivity index (χ4v) is 3.47. The molecule has 0 spiro atoms. The maximum atomic E-state index is 14.0. The van der Waals surface area contributed by atoms with Gasteiger partial charge in [0.15, 0.2) is 0 Å². The third-order valence-electron chi connectivity index (χ3n) is 3.35. The Morgan fingerprint density at radius 2 is 1.88 bits per heavy atom. The van der Waals surface area contributed by atoms with E-state index in [1.165, 1.54) is 12.3 Å². The van der Waals surface area contributed by atoms with Gasteiger partial charge in [-0.3, -0.25) is 9.71 Å². The Bertz CT molecular complexity index is 1050. The van der Waals surface area contributed by atoms with Crippen molar-refractivity contribution in [3.63, 3.8) is 0 Å². The van der Waals surface area contributed by atoms with Crippen LogP contribution in [-0.2, 0) is 10.0 Å². The van der Waals surface area contributed by atoms with Crippen molar-refractivity contribution >= 4 is 32.6 Å². The van der Waals surface area contributed by atoms with Gasteiger partial charge in [-0.05, 0) is 30.3 Å². The number of benzene rings is 2. The van der Waals surface area contributed by atoms with Gasteiger partial charge in [0.2, 0.25) is 0 Å². The van der Waals surface area contributed by atoms with Crippen LogP contribution in [0.4, 0.5) is 10.1 Å². The van der Waals surface area contributed by atoms with Crippen LogP contribution in [0.1, 0.15) is 10.4 Å². The fourth-order valence-electron chi connectivity index (χ4n) is 2.22. The van der Waals surface area contributed by atoms with Gasteiger partial charge in [0.25, 0.3) is 10.0 Å². The van der Waals surface area contributed by atoms with Gasteiger partial charge in [0, 0.05) is 11.6 Å². The summed E-state index contributed by atoms with van der Waals surface area (Å²) in [7, 11) is -4.10. The Kier molecular flexibility index (Phi) is 3.90. The van der Waals surface area contributed by atoms with Crippen molar-refractivity contribution in [2.75, 3.05) is 4.72 Å². The van der Waals surface area contributed by atoms with Gasteiger partial charge in [-0.15, -0.1) is 0 Å². The van der Waals surface area contributed by atoms with E-state index in [0.717, 1.165) is 18.2 Å². The average Bonchev–Trinajstić information content (AvgIpc) is 2.56. The minimum absolute atomic E-state index is 0.0951. The molecule has 3 rings (SSSR count). The number of carbonyl (C=O) groups is 1. The Balaban J connectivity index is 2.04. The first-order chi connectivity index (χ1) is 11.4. The summed E-state index contributed by atoms with van der Waals surface area (Å²) >= 11 is 0. The third-order valence-corrected chi connectivity index (χ3v) is 4.74. The van der Waals surface area contributed by atoms with Crippen molar-refractivity contribution in [2.45, 2.75) is 4.90 Å². The summed E-state index contributed by atoms with van der Waals surface area (Å²) in [6.45, 7) is 0. The Morgan fingerprint density at radius 1 is 1.12 bits per heavy atom. The zero-order chi connectivity index (χ0) is 17.3. The quantitative estimate of drug-likeness (QED) is 0.757. The van der Waals surface area contributed by atoms with E-state index in [2.05, 4.69) is 9.71 Å². The van der Waals surface area contributed by atoms with E-state index in [0.29, 0.717) is 5.39 Å². The summed E-state index contributed by atoms with van der Waals surface area (Å²) in [5, 5.41) is 9.44. The number of halogens is 1. The second-order valence-electron chi connectivity index (χ2n) is 4.94. The van der Waals surface area contributed by atoms with Crippen LogP contribution < -0.4 is 4.72 Å². The van der Waals surface area contributed by atoms with Crippen LogP contribution >= 0.6 is 0 Å². The van der Waals surface area contributed by atoms with E-state index in [1.54, 1.807) is 24.3 Å². The van der Waals surface area contributed by atoms with Crippen LogP contribution in [-0.4, -0.2) is 24.5 Å². The van der Waals surface area contributed by atoms with Crippen LogP contribution in [0.15, 0.2) is 59.6 Å². The molecular formula is C16H11FN2O4S. The van der Waals surface area contributed by atoms with Gasteiger partial charge in [-0.1, -0.05) is 18.2 Å². The van der Waals surface area contributed by atoms with Crippen molar-refractivity contribution in [2.24, 2.45) is 0 Å². The molecule has 8 heteroatoms. The highest BCUT2D eigenvalue weighted by Crippen LogP contribution is 2.24. The van der Waals surface area contributed by atoms with E-state index < -0.39 is 21.8 Å². The first-order valence-corrected chi connectivity index (χ1v) is 8.26. The van der Waals surface area contributed by atoms with E-state index >= 15 is 0 Å². The molecular weight excluding hydrogens is 335 g/mol. The molecule has 122 valence electrons. The SMILES string of the molecule is O=C(O)c1ccc(NS(=O)(=O)c2cccc3cccnc23)c(F)c1. The molecule has 0 saturated heterocycles. The molecule has 1 heterocycles. The van der Waals surface area contributed by atoms with Crippen molar-refractivity contribution in [1.82, 2.24) is 4.98 Å². The fraction of sp³-hybridized carbons (Fsp3) is 0. The van der Waals surface area contributed by atoms with Gasteiger partial charge < -0.3 is 5.11 Å². The number of aromatic nitrogens is 1. The van der Waals surface area contributed by atoms with Gasteiger partial charge in [-0.2, -0.15) is 0 Å². The molecule has 0 radical (unpaired) electrons. The number of sulfonamides is 1. The molecule has 3 aromatic rings. The minimum Gasteiger partial charge on any atom is -0.478 e. The summed E-state index contributed by atoms with van der Waals surface area (Å²) in [4.78, 5) is 14.8. The second-order valence-corrected chi connectivity index (χ2v) is 6.59. The predicted molar refractivity (Wildman–Crippen MR) is 85.9 cm³/mol. The van der Waals surface area contributed by atoms with Gasteiger partial charge in [0.1, 0.15) is 10.7 Å². The number of pyridine rings is 1. The lowest BCUT2D eigenvalue weighted by atomic mass is 10.2. The van der Waals surface area contributed by atoms with Crippen LogP contribution in [0.3, 0.4) is 0 Å². The van der Waals surface area contributed by atoms with Crippen molar-refractivity contribution in [1.29, 1.82) is 0 Å². The topological polar surface area (TPSA) is 96.4 Å². The maximum Gasteiger partial charge on any atom is 0.335 e. The highest BCUT2D eigenvalue weighted by Gasteiger charge is 2.20. The Labute approximate surface area is 136 Å². The van der Waals surface area contributed by atoms with Crippen LogP contribution in [0.25, 0.3) is 10.9 Å². The summed E-state index contributed by atoms with van der Waals surface area (Å²) in [6.07, 6.45) is 1.46. The number of nitrogens with one attached hydrogen (secondary N) is 1. The smallest absolute Gasteiger partial charge is 0.335 e. The molecule has 24 heavy (non-hydrogen) atoms. The van der Waals surface area contributed by atoms with E-state index in [4.69, 9.17) is 5.11 Å². The van der Waals surface area contributed by atoms with Crippen LogP contribution in [0.2, 0.25) is 0 Å². The number of para-hydroxylation sites is 1. The van der Waals surface area contributed by atoms with E-state index in [-0.39, 0.29) is 21.7 Å². The normalized spacial score (nSPS) is 11.4. The molecule has 0 atom stereocenters. The number of hydrogen-bond acceptors (Lipinski definition) is 4. The molecule has 2 N–H and O–H groups in total. The maximum absolute atomic E-state index is 14.0. The number of carboxylic acids is 1. The first-order valence-electron chi connectivity index (χ1n) is 6.78. The molecule has 0 aliphatic rings. The number of aromatic carboxylic acids is 1. The molecule has 0 aliphatic carbocycles. The summed E-state index contributed by atoms with van der Waals surface area (Å²) in [5.74, 6) is -2.28. The third kappa shape index (κ3) is 2.91. The zero-order valence-corrected chi connectivity index (χ0v) is 12.9. The first kappa shape index (κ1) is 15.9. The molecule has 0 amide bonds. The lowest BCUT2D eigenvalue weighted by Crippen LogP contribution is -2.15. The summed E-state index contributed by atoms with van der Waals surface area (Å²) in [6, 6.07) is 11.0. The molecule has 0 aliphatic heterocycles. The van der Waals surface area contributed by atoms with Gasteiger partial charge in [-0.25, -0.2) is 17.6 Å². The summed E-state index contributed by atoms with van der Waals surface area (Å²) in [5.41, 5.74) is -0.356. The monoisotopic (exact) mass is 346 g/mol. The highest BCUT2D eigenvalue weighted by atomic mass is 32.2. The standard InChI is InChI=1S/C16H11FN2O4S/c17-12-9-11(16(20)21)6-7-13(12)19-24(22,23)14-5-1-3-10-4-2-8-18-15(10)14/h1-9,19H,(H,20,21). The Hall–Kier alpha value is -3.00. The van der Waals surface area contributed by atoms with Gasteiger partial charge >= 0.3 is 5.97 Å². The van der Waals surface area contributed by atoms with Crippen LogP contribution in [0.5, 0.6) is 0 Å². The molecule has 0 unspecified atom stereocenters. The van der Waals surface area contributed by atoms with E-state index in [1.807, 2.05) is 0 Å². The highest BCUT2D eigenvalue weighted by molar-refractivity contribution is 7.93. The number of anilines is 1. The molecule has 1 aromatic heterocycles. The minimum atomic E-state index is -4.10. The molecule has 0 saturated carbocycles. The van der Waals surface area contributed by atoms with Crippen LogP contribution in [0, 0.1) is 5.82 Å². The molecule has 6 nitrogen and oxygen atoms in total. The number of fused-ring (bicyclic) bond motifs is 1. The average molecular weight is 346 g/mol. The Morgan fingerprint density at radius 3 is 2.58 bits per heavy atom. The molecule has 0 fully saturated rings. The second kappa shape index (κ2) is 5.89. The lowest BCUT2D eigenvalue weighted by molar-refractivity contribution is 0.0696. The lowest BCUT2D eigenvalue weighted by Gasteiger charge is -2.11. The number of nitrogens with zero attached hydrogens (tertiary/aromatic N) is 1. The largest absolute Gasteiger partial charge is 0.478 e. The van der Waals surface area contributed by atoms with Gasteiger partial charge in [0.05, 0.1) is 16.8 Å².